The maximum Gasteiger partial charge on any atom is 0.340 e. The average molecular weight is 618 g/mol. The number of aromatic nitrogens is 4. The highest BCUT2D eigenvalue weighted by Crippen LogP contribution is 2.55. The van der Waals surface area contributed by atoms with Gasteiger partial charge in [0.1, 0.15) is 18.3 Å². The normalized spacial score (nSPS) is 23.1. The van der Waals surface area contributed by atoms with Crippen molar-refractivity contribution in [3.8, 4) is 11.5 Å². The number of benzene rings is 2. The van der Waals surface area contributed by atoms with Crippen molar-refractivity contribution in [3.63, 3.8) is 0 Å². The number of imidazole rings is 1. The first-order chi connectivity index (χ1) is 18.7. The molecule has 5 unspecified atom stereocenters. The van der Waals surface area contributed by atoms with Crippen LogP contribution in [0.15, 0.2) is 36.7 Å². The van der Waals surface area contributed by atoms with Gasteiger partial charge in [-0.25, -0.2) is 4.98 Å². The van der Waals surface area contributed by atoms with E-state index in [0.717, 1.165) is 0 Å². The number of fused-ring (bicyclic) bond motifs is 2. The van der Waals surface area contributed by atoms with Crippen molar-refractivity contribution in [1.82, 2.24) is 19.5 Å². The molecule has 1 aliphatic heterocycles. The van der Waals surface area contributed by atoms with E-state index in [2.05, 4.69) is 20.3 Å². The number of anilines is 2. The topological polar surface area (TPSA) is 250 Å². The summed E-state index contributed by atoms with van der Waals surface area (Å²) >= 11 is 6.16. The molecule has 1 fully saturated rings. The van der Waals surface area contributed by atoms with E-state index >= 15 is 0 Å². The van der Waals surface area contributed by atoms with E-state index in [4.69, 9.17) is 30.6 Å². The summed E-state index contributed by atoms with van der Waals surface area (Å²) in [5, 5.41) is 44.9. The lowest BCUT2D eigenvalue weighted by atomic mass is 10.1. The minimum Gasteiger partial charge on any atom is -0.504 e. The lowest BCUT2D eigenvalue weighted by molar-refractivity contribution is -0.0483. The van der Waals surface area contributed by atoms with Gasteiger partial charge >= 0.3 is 15.2 Å². The molecule has 5 rings (SSSR count). The Morgan fingerprint density at radius 2 is 1.80 bits per heavy atom. The second-order valence-corrected chi connectivity index (χ2v) is 13.3. The minimum absolute atomic E-state index is 0.0791. The molecule has 1 saturated heterocycles. The summed E-state index contributed by atoms with van der Waals surface area (Å²) < 4.78 is 34.6. The molecule has 0 saturated carbocycles. The van der Waals surface area contributed by atoms with Gasteiger partial charge in [0.2, 0.25) is 5.28 Å². The van der Waals surface area contributed by atoms with E-state index in [1.54, 1.807) is 18.2 Å². The van der Waals surface area contributed by atoms with Crippen molar-refractivity contribution < 1.29 is 53.5 Å². The van der Waals surface area contributed by atoms with Crippen LogP contribution in [0.4, 0.5) is 11.5 Å². The molecule has 40 heavy (non-hydrogen) atoms. The van der Waals surface area contributed by atoms with Gasteiger partial charge in [-0.1, -0.05) is 12.1 Å². The Bertz CT molecular complexity index is 1700. The molecule has 0 amide bonds. The number of ether oxygens (including phenoxy) is 1. The summed E-state index contributed by atoms with van der Waals surface area (Å²) in [5.41, 5.74) is 0.734. The summed E-state index contributed by atoms with van der Waals surface area (Å²) in [5.74, 6) is -1.91. The van der Waals surface area contributed by atoms with Crippen LogP contribution in [0.25, 0.3) is 21.9 Å². The van der Waals surface area contributed by atoms with Gasteiger partial charge in [-0.2, -0.15) is 9.97 Å². The third kappa shape index (κ3) is 5.78. The molecule has 2 aromatic carbocycles. The molecule has 3 heterocycles. The van der Waals surface area contributed by atoms with Crippen molar-refractivity contribution in [1.29, 1.82) is 0 Å². The molecule has 19 heteroatoms. The molecule has 0 bridgehead atoms. The number of rotatable bonds is 8. The Kier molecular flexibility index (Phi) is 7.52. The molecule has 0 radical (unpaired) electrons. The molecular weight excluding hydrogens is 596 g/mol. The van der Waals surface area contributed by atoms with E-state index in [-0.39, 0.29) is 33.8 Å². The molecule has 4 aromatic rings. The number of halogens is 1. The molecule has 1 aliphatic rings. The molecule has 16 nitrogen and oxygen atoms in total. The molecule has 0 spiro atoms. The summed E-state index contributed by atoms with van der Waals surface area (Å²) in [6.07, 6.45) is -4.64. The number of aliphatic hydroxyl groups excluding tert-OH is 2. The Balaban J connectivity index is 1.43. The zero-order chi connectivity index (χ0) is 29.0. The zero-order valence-electron chi connectivity index (χ0n) is 20.0. The molecule has 0 aliphatic carbocycles. The van der Waals surface area contributed by atoms with Gasteiger partial charge in [0.25, 0.3) is 0 Å². The first-order valence-electron chi connectivity index (χ1n) is 11.4. The van der Waals surface area contributed by atoms with Crippen LogP contribution in [0.1, 0.15) is 6.23 Å². The van der Waals surface area contributed by atoms with Crippen LogP contribution in [0.3, 0.4) is 0 Å². The highest BCUT2D eigenvalue weighted by atomic mass is 35.5. The van der Waals surface area contributed by atoms with E-state index in [1.165, 1.54) is 23.0 Å². The van der Waals surface area contributed by atoms with Crippen molar-refractivity contribution in [2.45, 2.75) is 24.5 Å². The fraction of sp³-hybridized carbons (Fsp3) is 0.286. The van der Waals surface area contributed by atoms with E-state index < -0.39 is 52.2 Å². The van der Waals surface area contributed by atoms with Crippen LogP contribution in [0.5, 0.6) is 11.5 Å². The molecule has 8 N–H and O–H groups in total. The van der Waals surface area contributed by atoms with Crippen molar-refractivity contribution >= 4 is 60.2 Å². The third-order valence-electron chi connectivity index (χ3n) is 6.04. The smallest absolute Gasteiger partial charge is 0.340 e. The highest BCUT2D eigenvalue weighted by Gasteiger charge is 2.45. The monoisotopic (exact) mass is 617 g/mol. The van der Waals surface area contributed by atoms with Gasteiger partial charge in [-0.05, 0) is 35.2 Å². The number of aliphatic hydroxyl groups is 2. The number of nitrogens with one attached hydrogen (secondary N) is 1. The lowest BCUT2D eigenvalue weighted by Gasteiger charge is -2.18. The van der Waals surface area contributed by atoms with Gasteiger partial charge in [-0.15, -0.1) is 0 Å². The van der Waals surface area contributed by atoms with E-state index in [9.17, 15) is 34.4 Å². The highest BCUT2D eigenvalue weighted by molar-refractivity contribution is 7.70. The van der Waals surface area contributed by atoms with Crippen molar-refractivity contribution in [3.05, 3.63) is 41.9 Å². The summed E-state index contributed by atoms with van der Waals surface area (Å²) in [6.45, 7) is -0.763. The average Bonchev–Trinajstić information content (AvgIpc) is 3.38. The second kappa shape index (κ2) is 10.5. The van der Waals surface area contributed by atoms with Gasteiger partial charge in [0.15, 0.2) is 40.6 Å². The molecule has 5 atom stereocenters. The van der Waals surface area contributed by atoms with Crippen molar-refractivity contribution in [2.75, 3.05) is 17.8 Å². The van der Waals surface area contributed by atoms with Gasteiger partial charge in [0, 0.05) is 11.1 Å². The summed E-state index contributed by atoms with van der Waals surface area (Å²) in [4.78, 5) is 40.2. The number of phenols is 2. The van der Waals surface area contributed by atoms with Crippen LogP contribution in [-0.4, -0.2) is 85.4 Å². The zero-order valence-corrected chi connectivity index (χ0v) is 22.6. The maximum absolute atomic E-state index is 12.0. The predicted molar refractivity (Wildman–Crippen MR) is 140 cm³/mol. The Labute approximate surface area is 229 Å². The maximum atomic E-state index is 12.0. The number of aromatic hydroxyl groups is 2. The Morgan fingerprint density at radius 3 is 2.52 bits per heavy atom. The lowest BCUT2D eigenvalue weighted by Crippen LogP contribution is -2.33. The largest absolute Gasteiger partial charge is 0.504 e. The quantitative estimate of drug-likeness (QED) is 0.0796. The van der Waals surface area contributed by atoms with Crippen LogP contribution in [-0.2, 0) is 18.4 Å². The number of hydrogen-bond donors (Lipinski definition) is 8. The first-order valence-corrected chi connectivity index (χ1v) is 15.3. The third-order valence-corrected chi connectivity index (χ3v) is 9.66. The summed E-state index contributed by atoms with van der Waals surface area (Å²) in [7, 11) is -9.60. The first kappa shape index (κ1) is 28.6. The van der Waals surface area contributed by atoms with Crippen molar-refractivity contribution in [2.24, 2.45) is 0 Å². The number of hydrogen-bond acceptors (Lipinski definition) is 12. The van der Waals surface area contributed by atoms with Gasteiger partial charge in [-0.3, -0.25) is 13.7 Å². The van der Waals surface area contributed by atoms with Crippen LogP contribution in [0.2, 0.25) is 5.28 Å². The van der Waals surface area contributed by atoms with E-state index in [1.807, 2.05) is 0 Å². The summed E-state index contributed by atoms with van der Waals surface area (Å²) in [6, 6.07) is 7.87. The number of nitrogens with zero attached hydrogens (tertiary/aromatic N) is 4. The van der Waals surface area contributed by atoms with Gasteiger partial charge < -0.3 is 49.7 Å². The SMILES string of the molecule is O=P(O)(O)CP(=O)(O)OCC1OC(n2cnc3c(Nc4cccc5cc(O)c(O)cc45)nc(Cl)nc32)C(O)C1O. The minimum atomic E-state index is -4.87. The molecule has 214 valence electrons. The fourth-order valence-corrected chi connectivity index (χ4v) is 7.00. The molecule has 2 aromatic heterocycles. The van der Waals surface area contributed by atoms with Crippen LogP contribution < -0.4 is 5.32 Å². The van der Waals surface area contributed by atoms with Gasteiger partial charge in [0.05, 0.1) is 12.9 Å². The van der Waals surface area contributed by atoms with Crippen LogP contribution in [0, 0.1) is 0 Å². The van der Waals surface area contributed by atoms with Crippen LogP contribution >= 0.6 is 26.8 Å². The molecular formula is C21H22ClN5O11P2. The second-order valence-electron chi connectivity index (χ2n) is 8.94. The fourth-order valence-electron chi connectivity index (χ4n) is 4.26. The Hall–Kier alpha value is -2.88. The number of phenolic OH excluding ortho intramolecular Hbond substituents is 2. The predicted octanol–water partition coefficient (Wildman–Crippen LogP) is 1.74. The standard InChI is InChI=1S/C21H22ClN5O11P2/c22-21-25-18(24-11-3-1-2-9-4-12(28)13(29)5-10(9)11)15-19(26-21)27(7-23-15)20-17(31)16(30)14(38-20)6-37-40(35,36)8-39(32,33)34/h1-5,7,14,16-17,20,28-31H,6,8H2,(H,35,36)(H,24,25,26)(H2,32,33,34). The Morgan fingerprint density at radius 1 is 1.07 bits per heavy atom. The van der Waals surface area contributed by atoms with E-state index in [0.29, 0.717) is 16.5 Å².